The first-order valence-corrected chi connectivity index (χ1v) is 11.9. The number of piperidine rings is 2. The van der Waals surface area contributed by atoms with Gasteiger partial charge < -0.3 is 14.4 Å². The van der Waals surface area contributed by atoms with Crippen molar-refractivity contribution in [1.29, 1.82) is 0 Å². The Labute approximate surface area is 200 Å². The van der Waals surface area contributed by atoms with Gasteiger partial charge in [0.05, 0.1) is 13.2 Å². The molecule has 2 aliphatic heterocycles. The number of rotatable bonds is 6. The molecular weight excluding hydrogens is 432 g/mol. The lowest BCUT2D eigenvalue weighted by Gasteiger charge is -2.45. The average Bonchev–Trinajstić information content (AvgIpc) is 2.88. The Bertz CT molecular complexity index is 999. The van der Waals surface area contributed by atoms with Gasteiger partial charge in [0.15, 0.2) is 5.78 Å². The summed E-state index contributed by atoms with van der Waals surface area (Å²) in [5.74, 6) is 0.541. The van der Waals surface area contributed by atoms with E-state index in [4.69, 9.17) is 9.47 Å². The van der Waals surface area contributed by atoms with Crippen LogP contribution >= 0.6 is 0 Å². The van der Waals surface area contributed by atoms with Gasteiger partial charge in [-0.15, -0.1) is 0 Å². The van der Waals surface area contributed by atoms with Gasteiger partial charge in [-0.25, -0.2) is 0 Å². The van der Waals surface area contributed by atoms with Crippen molar-refractivity contribution in [3.63, 3.8) is 0 Å². The minimum absolute atomic E-state index is 0.00329. The number of ether oxygens (including phenoxy) is 2. The highest BCUT2D eigenvalue weighted by molar-refractivity contribution is 5.98. The van der Waals surface area contributed by atoms with Gasteiger partial charge in [-0.2, -0.15) is 0 Å². The number of carbonyl (C=O) groups excluding carboxylic acids is 3. The molecule has 7 nitrogen and oxygen atoms in total. The zero-order chi connectivity index (χ0) is 24.1. The van der Waals surface area contributed by atoms with Crippen LogP contribution in [0.1, 0.15) is 46.9 Å². The minimum atomic E-state index is -0.303. The highest BCUT2D eigenvalue weighted by Gasteiger charge is 2.39. The fourth-order valence-corrected chi connectivity index (χ4v) is 5.04. The molecule has 0 unspecified atom stereocenters. The maximum atomic E-state index is 13.0. The molecule has 0 radical (unpaired) electrons. The van der Waals surface area contributed by atoms with Crippen LogP contribution in [-0.4, -0.2) is 72.9 Å². The van der Waals surface area contributed by atoms with E-state index in [0.717, 1.165) is 31.7 Å². The molecule has 4 rings (SSSR count). The summed E-state index contributed by atoms with van der Waals surface area (Å²) in [4.78, 5) is 41.9. The standard InChI is InChI=1S/C27H32N2O5/c1-19(30)34-25-14-17-29(27(32)22-6-4-3-5-7-22)18-24(25)28-15-12-21(13-16-28)26(31)20-8-10-23(33-2)11-9-20/h3-11,21,24-25H,12-18H2,1-2H3/t24-,25-/m0/s1. The fraction of sp³-hybridized carbons (Fsp3) is 0.444. The van der Waals surface area contributed by atoms with Gasteiger partial charge in [-0.3, -0.25) is 19.3 Å². The van der Waals surface area contributed by atoms with Crippen molar-refractivity contribution < 1.29 is 23.9 Å². The summed E-state index contributed by atoms with van der Waals surface area (Å²) in [6, 6.07) is 16.4. The smallest absolute Gasteiger partial charge is 0.302 e. The molecule has 2 atom stereocenters. The third kappa shape index (κ3) is 5.47. The molecule has 2 aliphatic rings. The number of likely N-dealkylation sites (tertiary alicyclic amines) is 2. The third-order valence-electron chi connectivity index (χ3n) is 6.89. The molecule has 2 saturated heterocycles. The van der Waals surface area contributed by atoms with E-state index < -0.39 is 0 Å². The van der Waals surface area contributed by atoms with Crippen molar-refractivity contribution in [2.75, 3.05) is 33.3 Å². The van der Waals surface area contributed by atoms with E-state index in [1.165, 1.54) is 6.92 Å². The van der Waals surface area contributed by atoms with Gasteiger partial charge in [0.2, 0.25) is 0 Å². The first-order chi connectivity index (χ1) is 16.5. The van der Waals surface area contributed by atoms with Crippen molar-refractivity contribution in [3.05, 3.63) is 65.7 Å². The highest BCUT2D eigenvalue weighted by Crippen LogP contribution is 2.28. The molecular formula is C27H32N2O5. The first kappa shape index (κ1) is 24.0. The van der Waals surface area contributed by atoms with Crippen molar-refractivity contribution in [1.82, 2.24) is 9.80 Å². The van der Waals surface area contributed by atoms with E-state index >= 15 is 0 Å². The molecule has 0 spiro atoms. The second-order valence-corrected chi connectivity index (χ2v) is 9.02. The Morgan fingerprint density at radius 1 is 0.853 bits per heavy atom. The molecule has 0 aromatic heterocycles. The van der Waals surface area contributed by atoms with Crippen LogP contribution in [0.3, 0.4) is 0 Å². The van der Waals surface area contributed by atoms with Crippen molar-refractivity contribution >= 4 is 17.7 Å². The SMILES string of the molecule is COc1ccc(C(=O)C2CCN([C@H]3CN(C(=O)c4ccccc4)CC[C@@H]3OC(C)=O)CC2)cc1. The minimum Gasteiger partial charge on any atom is -0.497 e. The maximum Gasteiger partial charge on any atom is 0.302 e. The van der Waals surface area contributed by atoms with Gasteiger partial charge in [0.1, 0.15) is 11.9 Å². The monoisotopic (exact) mass is 464 g/mol. The summed E-state index contributed by atoms with van der Waals surface area (Å²) >= 11 is 0. The number of hydrogen-bond donors (Lipinski definition) is 0. The highest BCUT2D eigenvalue weighted by atomic mass is 16.5. The van der Waals surface area contributed by atoms with E-state index in [9.17, 15) is 14.4 Å². The third-order valence-corrected chi connectivity index (χ3v) is 6.89. The van der Waals surface area contributed by atoms with Crippen molar-refractivity contribution in [3.8, 4) is 5.75 Å². The summed E-state index contributed by atoms with van der Waals surface area (Å²) in [6.07, 6.45) is 1.82. The number of carbonyl (C=O) groups is 3. The number of benzene rings is 2. The predicted octanol–water partition coefficient (Wildman–Crippen LogP) is 3.44. The van der Waals surface area contributed by atoms with Gasteiger partial charge in [0.25, 0.3) is 5.91 Å². The number of esters is 1. The number of Topliss-reactive ketones (excluding diaryl/α,β-unsaturated/α-hetero) is 1. The number of ketones is 1. The Morgan fingerprint density at radius 3 is 2.15 bits per heavy atom. The lowest BCUT2D eigenvalue weighted by atomic mass is 9.87. The quantitative estimate of drug-likeness (QED) is 0.482. The summed E-state index contributed by atoms with van der Waals surface area (Å²) in [5, 5.41) is 0. The largest absolute Gasteiger partial charge is 0.497 e. The fourth-order valence-electron chi connectivity index (χ4n) is 5.04. The van der Waals surface area contributed by atoms with Crippen molar-refractivity contribution in [2.45, 2.75) is 38.3 Å². The van der Waals surface area contributed by atoms with E-state index in [0.29, 0.717) is 30.6 Å². The Kier molecular flexibility index (Phi) is 7.63. The molecule has 180 valence electrons. The molecule has 0 N–H and O–H groups in total. The maximum absolute atomic E-state index is 13.0. The summed E-state index contributed by atoms with van der Waals surface area (Å²) in [6.45, 7) is 3.93. The summed E-state index contributed by atoms with van der Waals surface area (Å²) in [5.41, 5.74) is 1.37. The molecule has 2 aromatic carbocycles. The van der Waals surface area contributed by atoms with E-state index in [1.807, 2.05) is 59.5 Å². The molecule has 0 saturated carbocycles. The zero-order valence-electron chi connectivity index (χ0n) is 19.8. The van der Waals surface area contributed by atoms with E-state index in [1.54, 1.807) is 7.11 Å². The van der Waals surface area contributed by atoms with Crippen LogP contribution in [0.2, 0.25) is 0 Å². The molecule has 0 bridgehead atoms. The van der Waals surface area contributed by atoms with Crippen LogP contribution in [0.4, 0.5) is 0 Å². The second kappa shape index (κ2) is 10.8. The van der Waals surface area contributed by atoms with Crippen LogP contribution in [0.25, 0.3) is 0 Å². The lowest BCUT2D eigenvalue weighted by Crippen LogP contribution is -2.59. The average molecular weight is 465 g/mol. The Hall–Kier alpha value is -3.19. The van der Waals surface area contributed by atoms with Gasteiger partial charge >= 0.3 is 5.97 Å². The van der Waals surface area contributed by atoms with Crippen LogP contribution in [0.15, 0.2) is 54.6 Å². The molecule has 2 heterocycles. The molecule has 0 aliphatic carbocycles. The molecule has 2 aromatic rings. The molecule has 2 fully saturated rings. The topological polar surface area (TPSA) is 76.2 Å². The zero-order valence-corrected chi connectivity index (χ0v) is 19.8. The number of nitrogens with zero attached hydrogens (tertiary/aromatic N) is 2. The number of hydrogen-bond acceptors (Lipinski definition) is 6. The lowest BCUT2D eigenvalue weighted by molar-refractivity contribution is -0.153. The van der Waals surface area contributed by atoms with E-state index in [-0.39, 0.29) is 35.7 Å². The number of amides is 1. The van der Waals surface area contributed by atoms with Crippen LogP contribution in [0, 0.1) is 5.92 Å². The number of methoxy groups -OCH3 is 1. The van der Waals surface area contributed by atoms with E-state index in [2.05, 4.69) is 4.90 Å². The predicted molar refractivity (Wildman–Crippen MR) is 128 cm³/mol. The van der Waals surface area contributed by atoms with Gasteiger partial charge in [0, 0.05) is 43.5 Å². The molecule has 1 amide bonds. The van der Waals surface area contributed by atoms with Crippen LogP contribution in [0.5, 0.6) is 5.75 Å². The summed E-state index contributed by atoms with van der Waals surface area (Å²) in [7, 11) is 1.61. The molecule has 7 heteroatoms. The van der Waals surface area contributed by atoms with Gasteiger partial charge in [-0.05, 0) is 62.3 Å². The summed E-state index contributed by atoms with van der Waals surface area (Å²) < 4.78 is 10.8. The van der Waals surface area contributed by atoms with Gasteiger partial charge in [-0.1, -0.05) is 18.2 Å². The second-order valence-electron chi connectivity index (χ2n) is 9.02. The Morgan fingerprint density at radius 2 is 1.53 bits per heavy atom. The molecule has 34 heavy (non-hydrogen) atoms. The first-order valence-electron chi connectivity index (χ1n) is 11.9. The Balaban J connectivity index is 1.42. The van der Waals surface area contributed by atoms with Crippen LogP contribution in [-0.2, 0) is 9.53 Å². The normalized spacial score (nSPS) is 21.6. The van der Waals surface area contributed by atoms with Crippen molar-refractivity contribution in [2.24, 2.45) is 5.92 Å². The van der Waals surface area contributed by atoms with Crippen LogP contribution < -0.4 is 4.74 Å².